The van der Waals surface area contributed by atoms with Crippen LogP contribution in [0.25, 0.3) is 0 Å². The molecule has 0 fully saturated rings. The third-order valence-electron chi connectivity index (χ3n) is 2.45. The van der Waals surface area contributed by atoms with Crippen molar-refractivity contribution < 1.29 is 4.79 Å². The number of hydrogen-bond acceptors (Lipinski definition) is 3. The van der Waals surface area contributed by atoms with Crippen LogP contribution in [0.5, 0.6) is 0 Å². The Morgan fingerprint density at radius 3 is 2.61 bits per heavy atom. The van der Waals surface area contributed by atoms with E-state index in [2.05, 4.69) is 15.5 Å². The number of nitrogens with two attached hydrogens (primary N) is 1. The maximum atomic E-state index is 11.6. The van der Waals surface area contributed by atoms with Crippen LogP contribution < -0.4 is 11.1 Å². The van der Waals surface area contributed by atoms with Gasteiger partial charge < -0.3 is 11.1 Å². The van der Waals surface area contributed by atoms with E-state index in [0.29, 0.717) is 17.1 Å². The van der Waals surface area contributed by atoms with Gasteiger partial charge in [0, 0.05) is 18.3 Å². The van der Waals surface area contributed by atoms with Gasteiger partial charge in [-0.05, 0) is 5.56 Å². The van der Waals surface area contributed by atoms with E-state index in [1.807, 2.05) is 24.3 Å². The minimum absolute atomic E-state index is 0.165. The number of carbonyl (C=O) groups excluding carboxylic acids is 1. The van der Waals surface area contributed by atoms with E-state index in [1.165, 1.54) is 6.20 Å². The summed E-state index contributed by atoms with van der Waals surface area (Å²) in [4.78, 5) is 12.0. The number of thiocarbonyl (C=S) groups is 1. The summed E-state index contributed by atoms with van der Waals surface area (Å²) >= 11 is 4.86. The fourth-order valence-corrected chi connectivity index (χ4v) is 1.58. The predicted molar refractivity (Wildman–Crippen MR) is 72.1 cm³/mol. The Labute approximate surface area is 109 Å². The molecule has 2 aromatic rings. The Hall–Kier alpha value is -2.21. The van der Waals surface area contributed by atoms with Crippen LogP contribution in [-0.4, -0.2) is 21.1 Å². The summed E-state index contributed by atoms with van der Waals surface area (Å²) in [5, 5.41) is 9.09. The summed E-state index contributed by atoms with van der Waals surface area (Å²) in [6.07, 6.45) is 3.02. The van der Waals surface area contributed by atoms with Crippen LogP contribution in [0, 0.1) is 0 Å². The summed E-state index contributed by atoms with van der Waals surface area (Å²) in [5.41, 5.74) is 7.80. The largest absolute Gasteiger partial charge is 0.389 e. The van der Waals surface area contributed by atoms with Crippen LogP contribution in [0.15, 0.2) is 36.7 Å². The van der Waals surface area contributed by atoms with Crippen molar-refractivity contribution in [3.8, 4) is 0 Å². The maximum absolute atomic E-state index is 11.6. The third-order valence-corrected chi connectivity index (χ3v) is 2.69. The van der Waals surface area contributed by atoms with Gasteiger partial charge in [-0.3, -0.25) is 9.89 Å². The molecule has 0 bridgehead atoms. The van der Waals surface area contributed by atoms with Crippen molar-refractivity contribution in [2.75, 3.05) is 0 Å². The first-order chi connectivity index (χ1) is 8.66. The molecule has 0 aliphatic rings. The first-order valence-electron chi connectivity index (χ1n) is 5.32. The summed E-state index contributed by atoms with van der Waals surface area (Å²) in [5.74, 6) is -0.165. The van der Waals surface area contributed by atoms with Gasteiger partial charge in [0.1, 0.15) is 4.99 Å². The zero-order valence-electron chi connectivity index (χ0n) is 9.51. The SMILES string of the molecule is NC(=S)c1ccc(CNC(=O)c2cn[nH]c2)cc1. The van der Waals surface area contributed by atoms with E-state index >= 15 is 0 Å². The van der Waals surface area contributed by atoms with E-state index in [1.54, 1.807) is 6.20 Å². The molecule has 2 rings (SSSR count). The normalized spacial score (nSPS) is 10.0. The predicted octanol–water partition coefficient (Wildman–Crippen LogP) is 0.974. The number of hydrogen-bond donors (Lipinski definition) is 3. The number of carbonyl (C=O) groups is 1. The number of nitrogens with zero attached hydrogens (tertiary/aromatic N) is 1. The zero-order valence-corrected chi connectivity index (χ0v) is 10.3. The van der Waals surface area contributed by atoms with Crippen LogP contribution in [0.2, 0.25) is 0 Å². The van der Waals surface area contributed by atoms with Crippen LogP contribution in [0.3, 0.4) is 0 Å². The average molecular weight is 260 g/mol. The molecule has 92 valence electrons. The lowest BCUT2D eigenvalue weighted by atomic mass is 10.1. The van der Waals surface area contributed by atoms with Gasteiger partial charge >= 0.3 is 0 Å². The van der Waals surface area contributed by atoms with Crippen molar-refractivity contribution in [1.82, 2.24) is 15.5 Å². The van der Waals surface area contributed by atoms with E-state index in [-0.39, 0.29) is 5.91 Å². The van der Waals surface area contributed by atoms with Gasteiger partial charge in [0.2, 0.25) is 0 Å². The molecule has 1 aromatic heterocycles. The molecule has 5 nitrogen and oxygen atoms in total. The van der Waals surface area contributed by atoms with Gasteiger partial charge in [-0.2, -0.15) is 5.10 Å². The highest BCUT2D eigenvalue weighted by Gasteiger charge is 2.05. The highest BCUT2D eigenvalue weighted by Crippen LogP contribution is 2.04. The second-order valence-corrected chi connectivity index (χ2v) is 4.17. The maximum Gasteiger partial charge on any atom is 0.254 e. The number of aromatic amines is 1. The Kier molecular flexibility index (Phi) is 3.69. The van der Waals surface area contributed by atoms with Crippen molar-refractivity contribution in [2.45, 2.75) is 6.54 Å². The van der Waals surface area contributed by atoms with Gasteiger partial charge in [0.05, 0.1) is 11.8 Å². The Morgan fingerprint density at radius 1 is 1.33 bits per heavy atom. The van der Waals surface area contributed by atoms with Crippen LogP contribution >= 0.6 is 12.2 Å². The molecule has 1 amide bonds. The van der Waals surface area contributed by atoms with E-state index in [4.69, 9.17) is 18.0 Å². The molecular weight excluding hydrogens is 248 g/mol. The van der Waals surface area contributed by atoms with Crippen molar-refractivity contribution in [3.63, 3.8) is 0 Å². The van der Waals surface area contributed by atoms with E-state index < -0.39 is 0 Å². The third kappa shape index (κ3) is 2.92. The lowest BCUT2D eigenvalue weighted by Crippen LogP contribution is -2.22. The summed E-state index contributed by atoms with van der Waals surface area (Å²) in [6, 6.07) is 7.43. The van der Waals surface area contributed by atoms with Crippen molar-refractivity contribution in [3.05, 3.63) is 53.3 Å². The molecule has 1 aromatic carbocycles. The van der Waals surface area contributed by atoms with E-state index in [9.17, 15) is 4.79 Å². The highest BCUT2D eigenvalue weighted by atomic mass is 32.1. The molecule has 1 heterocycles. The summed E-state index contributed by atoms with van der Waals surface area (Å²) < 4.78 is 0. The molecule has 0 atom stereocenters. The molecular formula is C12H12N4OS. The number of H-pyrrole nitrogens is 1. The van der Waals surface area contributed by atoms with Crippen LogP contribution in [0.4, 0.5) is 0 Å². The zero-order chi connectivity index (χ0) is 13.0. The van der Waals surface area contributed by atoms with Crippen molar-refractivity contribution >= 4 is 23.1 Å². The minimum Gasteiger partial charge on any atom is -0.389 e. The molecule has 18 heavy (non-hydrogen) atoms. The lowest BCUT2D eigenvalue weighted by molar-refractivity contribution is 0.0951. The molecule has 0 saturated heterocycles. The lowest BCUT2D eigenvalue weighted by Gasteiger charge is -2.04. The molecule has 0 radical (unpaired) electrons. The average Bonchev–Trinajstić information content (AvgIpc) is 2.90. The van der Waals surface area contributed by atoms with Gasteiger partial charge in [0.15, 0.2) is 0 Å². The second-order valence-electron chi connectivity index (χ2n) is 3.73. The number of rotatable bonds is 4. The fourth-order valence-electron chi connectivity index (χ4n) is 1.45. The second kappa shape index (κ2) is 5.42. The van der Waals surface area contributed by atoms with Crippen LogP contribution in [-0.2, 0) is 6.54 Å². The first kappa shape index (κ1) is 12.3. The monoisotopic (exact) mass is 260 g/mol. The molecule has 0 aliphatic carbocycles. The molecule has 0 unspecified atom stereocenters. The van der Waals surface area contributed by atoms with Gasteiger partial charge in [-0.1, -0.05) is 36.5 Å². The molecule has 0 aliphatic heterocycles. The molecule has 0 saturated carbocycles. The van der Waals surface area contributed by atoms with E-state index in [0.717, 1.165) is 11.1 Å². The Morgan fingerprint density at radius 2 is 2.06 bits per heavy atom. The quantitative estimate of drug-likeness (QED) is 0.715. The fraction of sp³-hybridized carbons (Fsp3) is 0.0833. The van der Waals surface area contributed by atoms with Gasteiger partial charge in [-0.15, -0.1) is 0 Å². The van der Waals surface area contributed by atoms with Crippen LogP contribution in [0.1, 0.15) is 21.5 Å². The van der Waals surface area contributed by atoms with Gasteiger partial charge in [-0.25, -0.2) is 0 Å². The Bertz CT molecular complexity index is 548. The minimum atomic E-state index is -0.165. The first-order valence-corrected chi connectivity index (χ1v) is 5.73. The van der Waals surface area contributed by atoms with Gasteiger partial charge in [0.25, 0.3) is 5.91 Å². The summed E-state index contributed by atoms with van der Waals surface area (Å²) in [7, 11) is 0. The molecule has 6 heteroatoms. The Balaban J connectivity index is 1.94. The standard InChI is InChI=1S/C12H12N4OS/c13-11(18)9-3-1-8(2-4-9)5-14-12(17)10-6-15-16-7-10/h1-4,6-7H,5H2,(H2,13,18)(H,14,17)(H,15,16). The molecule has 4 N–H and O–H groups in total. The smallest absolute Gasteiger partial charge is 0.254 e. The van der Waals surface area contributed by atoms with Crippen molar-refractivity contribution in [2.24, 2.45) is 5.73 Å². The molecule has 0 spiro atoms. The number of benzene rings is 1. The number of amides is 1. The summed E-state index contributed by atoms with van der Waals surface area (Å²) in [6.45, 7) is 0.446. The number of nitrogens with one attached hydrogen (secondary N) is 2. The van der Waals surface area contributed by atoms with Crippen molar-refractivity contribution in [1.29, 1.82) is 0 Å². The number of aromatic nitrogens is 2. The topological polar surface area (TPSA) is 83.8 Å². The highest BCUT2D eigenvalue weighted by molar-refractivity contribution is 7.80.